The van der Waals surface area contributed by atoms with E-state index >= 15 is 0 Å². The van der Waals surface area contributed by atoms with Crippen LogP contribution in [-0.2, 0) is 9.53 Å². The monoisotopic (exact) mass is 226 g/mol. The van der Waals surface area contributed by atoms with Crippen LogP contribution in [0.1, 0.15) is 18.7 Å². The summed E-state index contributed by atoms with van der Waals surface area (Å²) >= 11 is 1.52. The van der Waals surface area contributed by atoms with E-state index in [0.29, 0.717) is 0 Å². The number of hydrogen-bond donors (Lipinski definition) is 0. The summed E-state index contributed by atoms with van der Waals surface area (Å²) in [6.45, 7) is 3.93. The van der Waals surface area contributed by atoms with Crippen LogP contribution in [0.2, 0.25) is 0 Å². The first-order valence-electron chi connectivity index (χ1n) is 4.63. The number of carbonyl (C=O) groups excluding carboxylic acids is 1. The lowest BCUT2D eigenvalue weighted by molar-refractivity contribution is -0.134. The molecule has 0 fully saturated rings. The Balaban J connectivity index is 2.72. The van der Waals surface area contributed by atoms with Gasteiger partial charge in [0.1, 0.15) is 5.75 Å². The van der Waals surface area contributed by atoms with Gasteiger partial charge in [-0.25, -0.2) is 4.79 Å². The lowest BCUT2D eigenvalue weighted by atomic mass is 10.3. The van der Waals surface area contributed by atoms with Gasteiger partial charge in [0.2, 0.25) is 0 Å². The third-order valence-corrected chi connectivity index (χ3v) is 2.46. The van der Waals surface area contributed by atoms with Crippen molar-refractivity contribution in [3.8, 4) is 5.75 Å². The molecular formula is C11H14O3S. The van der Waals surface area contributed by atoms with Crippen LogP contribution < -0.4 is 4.74 Å². The summed E-state index contributed by atoms with van der Waals surface area (Å²) < 4.78 is 10.1. The first-order chi connectivity index (χ1) is 7.13. The summed E-state index contributed by atoms with van der Waals surface area (Å²) in [7, 11) is 1.35. The van der Waals surface area contributed by atoms with E-state index in [1.165, 1.54) is 24.5 Å². The average molecular weight is 226 g/mol. The third kappa shape index (κ3) is 3.75. The second-order valence-corrected chi connectivity index (χ2v) is 4.12. The van der Waals surface area contributed by atoms with Crippen molar-refractivity contribution in [2.75, 3.05) is 7.11 Å². The average Bonchev–Trinajstić information content (AvgIpc) is 2.61. The van der Waals surface area contributed by atoms with E-state index in [4.69, 9.17) is 4.74 Å². The van der Waals surface area contributed by atoms with Gasteiger partial charge in [-0.05, 0) is 31.4 Å². The molecule has 15 heavy (non-hydrogen) atoms. The van der Waals surface area contributed by atoms with Crippen molar-refractivity contribution in [3.63, 3.8) is 0 Å². The number of esters is 1. The summed E-state index contributed by atoms with van der Waals surface area (Å²) in [6.07, 6.45) is 3.22. The van der Waals surface area contributed by atoms with Gasteiger partial charge in [-0.15, -0.1) is 11.3 Å². The van der Waals surface area contributed by atoms with Crippen LogP contribution in [0.15, 0.2) is 17.5 Å². The maximum Gasteiger partial charge on any atom is 0.330 e. The largest absolute Gasteiger partial charge is 0.490 e. The number of thiophene rings is 1. The fourth-order valence-corrected chi connectivity index (χ4v) is 1.71. The molecule has 0 saturated carbocycles. The molecule has 0 amide bonds. The highest BCUT2D eigenvalue weighted by molar-refractivity contribution is 7.11. The van der Waals surface area contributed by atoms with Crippen molar-refractivity contribution in [3.05, 3.63) is 22.4 Å². The first-order valence-corrected chi connectivity index (χ1v) is 5.51. The van der Waals surface area contributed by atoms with E-state index in [2.05, 4.69) is 4.74 Å². The molecule has 0 N–H and O–H groups in total. The van der Waals surface area contributed by atoms with Crippen molar-refractivity contribution in [2.24, 2.45) is 0 Å². The molecule has 1 rings (SSSR count). The molecule has 1 heterocycles. The van der Waals surface area contributed by atoms with Gasteiger partial charge in [0.05, 0.1) is 18.1 Å². The van der Waals surface area contributed by atoms with Crippen molar-refractivity contribution in [2.45, 2.75) is 20.0 Å². The zero-order valence-corrected chi connectivity index (χ0v) is 9.84. The molecule has 0 radical (unpaired) electrons. The van der Waals surface area contributed by atoms with Crippen molar-refractivity contribution in [1.29, 1.82) is 0 Å². The van der Waals surface area contributed by atoms with Gasteiger partial charge in [0.25, 0.3) is 0 Å². The topological polar surface area (TPSA) is 35.5 Å². The smallest absolute Gasteiger partial charge is 0.330 e. The Hall–Kier alpha value is -1.29. The second kappa shape index (κ2) is 5.56. The second-order valence-electron chi connectivity index (χ2n) is 3.17. The minimum atomic E-state index is -0.362. The number of rotatable bonds is 4. The molecule has 0 spiro atoms. The quantitative estimate of drug-likeness (QED) is 0.585. The zero-order valence-electron chi connectivity index (χ0n) is 9.02. The summed E-state index contributed by atoms with van der Waals surface area (Å²) in [5.74, 6) is 0.439. The molecule has 82 valence electrons. The normalized spacial score (nSPS) is 10.9. The van der Waals surface area contributed by atoms with E-state index in [-0.39, 0.29) is 12.1 Å². The molecule has 0 aliphatic heterocycles. The Labute approximate surface area is 93.3 Å². The highest BCUT2D eigenvalue weighted by Crippen LogP contribution is 2.27. The molecule has 0 aliphatic carbocycles. The molecule has 0 aliphatic rings. The van der Waals surface area contributed by atoms with Gasteiger partial charge < -0.3 is 9.47 Å². The van der Waals surface area contributed by atoms with Crippen LogP contribution in [0.5, 0.6) is 5.75 Å². The number of hydrogen-bond acceptors (Lipinski definition) is 4. The van der Waals surface area contributed by atoms with Gasteiger partial charge in [-0.2, -0.15) is 0 Å². The number of methoxy groups -OCH3 is 1. The van der Waals surface area contributed by atoms with Crippen molar-refractivity contribution >= 4 is 23.4 Å². The van der Waals surface area contributed by atoms with Gasteiger partial charge in [-0.1, -0.05) is 0 Å². The minimum absolute atomic E-state index is 0.130. The van der Waals surface area contributed by atoms with Crippen molar-refractivity contribution < 1.29 is 14.3 Å². The highest BCUT2D eigenvalue weighted by Gasteiger charge is 2.04. The van der Waals surface area contributed by atoms with Crippen LogP contribution in [0.25, 0.3) is 6.08 Å². The van der Waals surface area contributed by atoms with Gasteiger partial charge in [0.15, 0.2) is 0 Å². The van der Waals surface area contributed by atoms with Crippen molar-refractivity contribution in [1.82, 2.24) is 0 Å². The van der Waals surface area contributed by atoms with Gasteiger partial charge in [0, 0.05) is 6.08 Å². The fraction of sp³-hybridized carbons (Fsp3) is 0.364. The summed E-state index contributed by atoms with van der Waals surface area (Å²) in [6, 6.07) is 1.89. The molecule has 0 bridgehead atoms. The first kappa shape index (κ1) is 11.8. The SMILES string of the molecule is COC(=O)/C=C/c1sccc1OC(C)C. The predicted molar refractivity (Wildman–Crippen MR) is 61.1 cm³/mol. The van der Waals surface area contributed by atoms with E-state index in [1.807, 2.05) is 25.3 Å². The molecule has 0 unspecified atom stereocenters. The molecular weight excluding hydrogens is 212 g/mol. The lowest BCUT2D eigenvalue weighted by Gasteiger charge is -2.08. The Morgan fingerprint density at radius 1 is 1.53 bits per heavy atom. The van der Waals surface area contributed by atoms with E-state index in [9.17, 15) is 4.79 Å². The van der Waals surface area contributed by atoms with Gasteiger partial charge >= 0.3 is 5.97 Å². The van der Waals surface area contributed by atoms with Crippen LogP contribution in [0.4, 0.5) is 0 Å². The predicted octanol–water partition coefficient (Wildman–Crippen LogP) is 2.72. The summed E-state index contributed by atoms with van der Waals surface area (Å²) in [5, 5.41) is 1.93. The lowest BCUT2D eigenvalue weighted by Crippen LogP contribution is -2.05. The van der Waals surface area contributed by atoms with E-state index in [1.54, 1.807) is 6.08 Å². The van der Waals surface area contributed by atoms with Crippen LogP contribution in [0.3, 0.4) is 0 Å². The molecule has 0 aromatic carbocycles. The molecule has 1 aromatic heterocycles. The Morgan fingerprint density at radius 3 is 2.87 bits per heavy atom. The molecule has 1 aromatic rings. The van der Waals surface area contributed by atoms with E-state index in [0.717, 1.165) is 10.6 Å². The number of ether oxygens (including phenoxy) is 2. The Morgan fingerprint density at radius 2 is 2.27 bits per heavy atom. The Bertz CT molecular complexity index is 352. The summed E-state index contributed by atoms with van der Waals surface area (Å²) in [4.78, 5) is 11.8. The maximum atomic E-state index is 10.9. The van der Waals surface area contributed by atoms with Crippen LogP contribution in [0, 0.1) is 0 Å². The number of carbonyl (C=O) groups is 1. The standard InChI is InChI=1S/C11H14O3S/c1-8(2)14-9-6-7-15-10(9)4-5-11(12)13-3/h4-8H,1-3H3/b5-4+. The van der Waals surface area contributed by atoms with E-state index < -0.39 is 0 Å². The maximum absolute atomic E-state index is 10.9. The molecule has 0 atom stereocenters. The van der Waals surface area contributed by atoms with Crippen LogP contribution >= 0.6 is 11.3 Å². The van der Waals surface area contributed by atoms with Gasteiger partial charge in [-0.3, -0.25) is 0 Å². The molecule has 0 saturated heterocycles. The Kier molecular flexibility index (Phi) is 4.37. The molecule has 4 heteroatoms. The zero-order chi connectivity index (χ0) is 11.3. The van der Waals surface area contributed by atoms with Crippen LogP contribution in [-0.4, -0.2) is 19.2 Å². The molecule has 3 nitrogen and oxygen atoms in total. The summed E-state index contributed by atoms with van der Waals surface area (Å²) in [5.41, 5.74) is 0. The fourth-order valence-electron chi connectivity index (χ4n) is 0.994. The minimum Gasteiger partial charge on any atom is -0.490 e. The highest BCUT2D eigenvalue weighted by atomic mass is 32.1. The third-order valence-electron chi connectivity index (χ3n) is 1.59.